The fourth-order valence-electron chi connectivity index (χ4n) is 2.70. The van der Waals surface area contributed by atoms with E-state index in [9.17, 15) is 9.90 Å². The van der Waals surface area contributed by atoms with E-state index in [0.29, 0.717) is 18.7 Å². The van der Waals surface area contributed by atoms with Crippen LogP contribution in [0.25, 0.3) is 11.0 Å². The predicted octanol–water partition coefficient (Wildman–Crippen LogP) is 2.63. The molecule has 5 heteroatoms. The first kappa shape index (κ1) is 17.5. The first-order valence-corrected chi connectivity index (χ1v) is 8.01. The Balaban J connectivity index is 2.35. The van der Waals surface area contributed by atoms with E-state index in [2.05, 4.69) is 5.32 Å². The summed E-state index contributed by atoms with van der Waals surface area (Å²) in [5, 5.41) is 13.1. The van der Waals surface area contributed by atoms with E-state index in [1.54, 1.807) is 0 Å². The van der Waals surface area contributed by atoms with Crippen molar-refractivity contribution in [3.05, 3.63) is 35.6 Å². The topological polar surface area (TPSA) is 65.7 Å². The third-order valence-corrected chi connectivity index (χ3v) is 3.94. The third-order valence-electron chi connectivity index (χ3n) is 3.94. The Bertz CT molecular complexity index is 661. The molecule has 126 valence electrons. The summed E-state index contributed by atoms with van der Waals surface area (Å²) in [6.07, 6.45) is 0.534. The molecular formula is C18H26N2O3. The molecule has 1 atom stereocenters. The molecule has 1 aromatic carbocycles. The van der Waals surface area contributed by atoms with Crippen molar-refractivity contribution in [2.45, 2.75) is 32.9 Å². The Morgan fingerprint density at radius 2 is 2.00 bits per heavy atom. The van der Waals surface area contributed by atoms with Crippen LogP contribution in [0.3, 0.4) is 0 Å². The standard InChI is InChI=1S/C18H26N2O3/c1-12(2)15(9-10-21)19-18(22)17-14(11-20(3)4)13-7-5-6-8-16(13)23-17/h5-8,12,15,21H,9-11H2,1-4H3,(H,19,22). The number of carbonyl (C=O) groups is 1. The SMILES string of the molecule is CC(C)C(CCO)NC(=O)c1oc2ccccc2c1CN(C)C. The average Bonchev–Trinajstić information content (AvgIpc) is 2.85. The molecule has 1 amide bonds. The van der Waals surface area contributed by atoms with Crippen molar-refractivity contribution in [1.29, 1.82) is 0 Å². The number of carbonyl (C=O) groups excluding carboxylic acids is 1. The van der Waals surface area contributed by atoms with Gasteiger partial charge in [0.25, 0.3) is 5.91 Å². The number of fused-ring (bicyclic) bond motifs is 1. The molecule has 1 heterocycles. The summed E-state index contributed by atoms with van der Waals surface area (Å²) >= 11 is 0. The van der Waals surface area contributed by atoms with Gasteiger partial charge in [0.15, 0.2) is 5.76 Å². The largest absolute Gasteiger partial charge is 0.451 e. The van der Waals surface area contributed by atoms with Crippen LogP contribution in [-0.4, -0.2) is 42.7 Å². The van der Waals surface area contributed by atoms with Crippen LogP contribution in [-0.2, 0) is 6.54 Å². The number of aliphatic hydroxyl groups excluding tert-OH is 1. The van der Waals surface area contributed by atoms with E-state index in [1.807, 2.05) is 57.1 Å². The van der Waals surface area contributed by atoms with E-state index in [-0.39, 0.29) is 24.5 Å². The fraction of sp³-hybridized carbons (Fsp3) is 0.500. The molecule has 0 aliphatic carbocycles. The van der Waals surface area contributed by atoms with Crippen LogP contribution < -0.4 is 5.32 Å². The van der Waals surface area contributed by atoms with Crippen LogP contribution in [0.1, 0.15) is 36.4 Å². The van der Waals surface area contributed by atoms with Crippen molar-refractivity contribution in [3.63, 3.8) is 0 Å². The zero-order valence-electron chi connectivity index (χ0n) is 14.3. The van der Waals surface area contributed by atoms with Crippen molar-refractivity contribution in [2.75, 3.05) is 20.7 Å². The van der Waals surface area contributed by atoms with Gasteiger partial charge < -0.3 is 19.7 Å². The predicted molar refractivity (Wildman–Crippen MR) is 91.4 cm³/mol. The number of rotatable bonds is 7. The van der Waals surface area contributed by atoms with Gasteiger partial charge in [-0.1, -0.05) is 32.0 Å². The number of benzene rings is 1. The molecule has 5 nitrogen and oxygen atoms in total. The molecule has 0 spiro atoms. The van der Waals surface area contributed by atoms with Gasteiger partial charge in [0.05, 0.1) is 0 Å². The van der Waals surface area contributed by atoms with E-state index < -0.39 is 0 Å². The van der Waals surface area contributed by atoms with Gasteiger partial charge in [-0.25, -0.2) is 0 Å². The van der Waals surface area contributed by atoms with Gasteiger partial charge in [-0.05, 0) is 32.5 Å². The Morgan fingerprint density at radius 1 is 1.30 bits per heavy atom. The second-order valence-electron chi connectivity index (χ2n) is 6.48. The monoisotopic (exact) mass is 318 g/mol. The van der Waals surface area contributed by atoms with Gasteiger partial charge in [0.1, 0.15) is 5.58 Å². The Labute approximate surface area is 137 Å². The summed E-state index contributed by atoms with van der Waals surface area (Å²) < 4.78 is 5.82. The molecule has 0 aliphatic heterocycles. The average molecular weight is 318 g/mol. The maximum atomic E-state index is 12.7. The molecule has 1 aromatic heterocycles. The van der Waals surface area contributed by atoms with Gasteiger partial charge in [-0.3, -0.25) is 4.79 Å². The Hall–Kier alpha value is -1.85. The lowest BCUT2D eigenvalue weighted by molar-refractivity contribution is 0.0888. The number of amides is 1. The summed E-state index contributed by atoms with van der Waals surface area (Å²) in [5.41, 5.74) is 1.62. The normalized spacial score (nSPS) is 13.0. The van der Waals surface area contributed by atoms with E-state index in [4.69, 9.17) is 4.42 Å². The second kappa shape index (κ2) is 7.62. The summed E-state index contributed by atoms with van der Waals surface area (Å²) in [5.74, 6) is 0.390. The van der Waals surface area contributed by atoms with Crippen molar-refractivity contribution in [2.24, 2.45) is 5.92 Å². The number of para-hydroxylation sites is 1. The molecule has 0 fully saturated rings. The van der Waals surface area contributed by atoms with Crippen molar-refractivity contribution in [1.82, 2.24) is 10.2 Å². The zero-order chi connectivity index (χ0) is 17.0. The van der Waals surface area contributed by atoms with Crippen LogP contribution in [0.15, 0.2) is 28.7 Å². The minimum atomic E-state index is -0.217. The number of hydrogen-bond donors (Lipinski definition) is 2. The van der Waals surface area contributed by atoms with Gasteiger partial charge in [-0.2, -0.15) is 0 Å². The molecule has 0 bridgehead atoms. The highest BCUT2D eigenvalue weighted by molar-refractivity contribution is 5.99. The Kier molecular flexibility index (Phi) is 5.80. The molecule has 0 saturated carbocycles. The van der Waals surface area contributed by atoms with Gasteiger partial charge in [0, 0.05) is 30.1 Å². The quantitative estimate of drug-likeness (QED) is 0.823. The summed E-state index contributed by atoms with van der Waals surface area (Å²) in [6.45, 7) is 4.74. The number of furan rings is 1. The van der Waals surface area contributed by atoms with E-state index in [1.165, 1.54) is 0 Å². The molecular weight excluding hydrogens is 292 g/mol. The number of aliphatic hydroxyl groups is 1. The number of nitrogens with one attached hydrogen (secondary N) is 1. The first-order valence-electron chi connectivity index (χ1n) is 8.01. The van der Waals surface area contributed by atoms with Crippen molar-refractivity contribution >= 4 is 16.9 Å². The van der Waals surface area contributed by atoms with Gasteiger partial charge in [-0.15, -0.1) is 0 Å². The molecule has 2 rings (SSSR count). The molecule has 1 unspecified atom stereocenters. The first-order chi connectivity index (χ1) is 10.9. The minimum absolute atomic E-state index is 0.0494. The maximum Gasteiger partial charge on any atom is 0.287 e. The molecule has 0 saturated heterocycles. The van der Waals surface area contributed by atoms with E-state index >= 15 is 0 Å². The number of nitrogens with zero attached hydrogens (tertiary/aromatic N) is 1. The van der Waals surface area contributed by atoms with Gasteiger partial charge in [0.2, 0.25) is 0 Å². The van der Waals surface area contributed by atoms with Gasteiger partial charge >= 0.3 is 0 Å². The highest BCUT2D eigenvalue weighted by Gasteiger charge is 2.24. The zero-order valence-corrected chi connectivity index (χ0v) is 14.3. The van der Waals surface area contributed by atoms with Crippen molar-refractivity contribution < 1.29 is 14.3 Å². The fourth-order valence-corrected chi connectivity index (χ4v) is 2.70. The smallest absolute Gasteiger partial charge is 0.287 e. The Morgan fingerprint density at radius 3 is 2.61 bits per heavy atom. The lowest BCUT2D eigenvalue weighted by atomic mass is 10.0. The van der Waals surface area contributed by atoms with Crippen LogP contribution in [0.5, 0.6) is 0 Å². The second-order valence-corrected chi connectivity index (χ2v) is 6.48. The summed E-state index contributed by atoms with van der Waals surface area (Å²) in [6, 6.07) is 7.62. The maximum absolute atomic E-state index is 12.7. The van der Waals surface area contributed by atoms with Crippen LogP contribution in [0, 0.1) is 5.92 Å². The molecule has 23 heavy (non-hydrogen) atoms. The molecule has 0 radical (unpaired) electrons. The van der Waals surface area contributed by atoms with Crippen LogP contribution in [0.2, 0.25) is 0 Å². The highest BCUT2D eigenvalue weighted by atomic mass is 16.3. The summed E-state index contributed by atoms with van der Waals surface area (Å²) in [4.78, 5) is 14.7. The lowest BCUT2D eigenvalue weighted by Crippen LogP contribution is -2.39. The van der Waals surface area contributed by atoms with Crippen LogP contribution >= 0.6 is 0 Å². The van der Waals surface area contributed by atoms with Crippen molar-refractivity contribution in [3.8, 4) is 0 Å². The number of hydrogen-bond acceptors (Lipinski definition) is 4. The van der Waals surface area contributed by atoms with Crippen LogP contribution in [0.4, 0.5) is 0 Å². The molecule has 2 aromatic rings. The third kappa shape index (κ3) is 4.12. The molecule has 2 N–H and O–H groups in total. The highest BCUT2D eigenvalue weighted by Crippen LogP contribution is 2.27. The lowest BCUT2D eigenvalue weighted by Gasteiger charge is -2.21. The summed E-state index contributed by atoms with van der Waals surface area (Å²) in [7, 11) is 3.93. The molecule has 0 aliphatic rings. The van der Waals surface area contributed by atoms with E-state index in [0.717, 1.165) is 16.5 Å². The minimum Gasteiger partial charge on any atom is -0.451 e.